The molecule has 1 saturated heterocycles. The molecule has 0 amide bonds. The molecule has 15 heavy (non-hydrogen) atoms. The van der Waals surface area contributed by atoms with E-state index in [0.29, 0.717) is 5.92 Å². The maximum Gasteiger partial charge on any atom is 0.185 e. The van der Waals surface area contributed by atoms with Gasteiger partial charge < -0.3 is 10.2 Å². The molecule has 0 spiro atoms. The Hall–Kier alpha value is -0.610. The van der Waals surface area contributed by atoms with Crippen LogP contribution >= 0.6 is 11.3 Å². The zero-order chi connectivity index (χ0) is 10.7. The number of hydrogen-bond donors (Lipinski definition) is 1. The van der Waals surface area contributed by atoms with Gasteiger partial charge in [0.15, 0.2) is 5.13 Å². The van der Waals surface area contributed by atoms with Crippen LogP contribution in [0.5, 0.6) is 0 Å². The molecule has 1 fully saturated rings. The smallest absolute Gasteiger partial charge is 0.185 e. The van der Waals surface area contributed by atoms with E-state index in [4.69, 9.17) is 4.98 Å². The highest BCUT2D eigenvalue weighted by atomic mass is 32.1. The van der Waals surface area contributed by atoms with Crippen molar-refractivity contribution in [2.75, 3.05) is 31.1 Å². The molecule has 0 radical (unpaired) electrons. The molecule has 3 nitrogen and oxygen atoms in total. The molecule has 4 heteroatoms. The van der Waals surface area contributed by atoms with E-state index >= 15 is 0 Å². The molecule has 0 atom stereocenters. The third-order valence-corrected chi connectivity index (χ3v) is 3.63. The van der Waals surface area contributed by atoms with Crippen LogP contribution in [0, 0.1) is 0 Å². The molecule has 1 N–H and O–H groups in total. The minimum absolute atomic E-state index is 0.542. The second-order valence-corrected chi connectivity index (χ2v) is 5.14. The number of thiazole rings is 1. The molecule has 84 valence electrons. The molecule has 0 bridgehead atoms. The molecule has 2 heterocycles. The van der Waals surface area contributed by atoms with Crippen LogP contribution in [0.2, 0.25) is 0 Å². The predicted octanol–water partition coefficient (Wildman–Crippen LogP) is 2.07. The van der Waals surface area contributed by atoms with Gasteiger partial charge in [-0.2, -0.15) is 0 Å². The quantitative estimate of drug-likeness (QED) is 0.835. The van der Waals surface area contributed by atoms with Crippen LogP contribution < -0.4 is 10.2 Å². The standard InChI is InChI=1S/C11H19N3S/c1-9(2)10-8-15-11(13-10)14-6-3-4-12-5-7-14/h8-9,12H,3-7H2,1-2H3. The van der Waals surface area contributed by atoms with Crippen molar-refractivity contribution < 1.29 is 0 Å². The molecule has 0 aliphatic carbocycles. The van der Waals surface area contributed by atoms with E-state index in [-0.39, 0.29) is 0 Å². The number of rotatable bonds is 2. The largest absolute Gasteiger partial charge is 0.347 e. The van der Waals surface area contributed by atoms with Gasteiger partial charge in [0, 0.05) is 25.0 Å². The summed E-state index contributed by atoms with van der Waals surface area (Å²) in [6.07, 6.45) is 1.22. The number of aromatic nitrogens is 1. The van der Waals surface area contributed by atoms with Crippen molar-refractivity contribution in [1.29, 1.82) is 0 Å². The summed E-state index contributed by atoms with van der Waals surface area (Å²) in [7, 11) is 0. The Balaban J connectivity index is 2.06. The van der Waals surface area contributed by atoms with Crippen LogP contribution in [0.25, 0.3) is 0 Å². The summed E-state index contributed by atoms with van der Waals surface area (Å²) in [4.78, 5) is 7.09. The molecule has 0 saturated carbocycles. The van der Waals surface area contributed by atoms with E-state index < -0.39 is 0 Å². The van der Waals surface area contributed by atoms with Gasteiger partial charge >= 0.3 is 0 Å². The average molecular weight is 225 g/mol. The Morgan fingerprint density at radius 1 is 1.40 bits per heavy atom. The normalized spacial score (nSPS) is 18.2. The lowest BCUT2D eigenvalue weighted by molar-refractivity contribution is 0.724. The molecule has 1 aliphatic rings. The first-order valence-corrected chi connectivity index (χ1v) is 6.56. The molecule has 1 aromatic rings. The van der Waals surface area contributed by atoms with Gasteiger partial charge in [-0.1, -0.05) is 13.8 Å². The van der Waals surface area contributed by atoms with Crippen molar-refractivity contribution in [3.63, 3.8) is 0 Å². The zero-order valence-electron chi connectivity index (χ0n) is 9.49. The molecule has 2 rings (SSSR count). The summed E-state index contributed by atoms with van der Waals surface area (Å²) in [5.41, 5.74) is 1.23. The number of anilines is 1. The second kappa shape index (κ2) is 4.94. The third kappa shape index (κ3) is 2.69. The Bertz CT molecular complexity index is 301. The summed E-state index contributed by atoms with van der Waals surface area (Å²) in [6.45, 7) is 8.84. The third-order valence-electron chi connectivity index (χ3n) is 2.71. The first-order valence-electron chi connectivity index (χ1n) is 5.68. The Labute approximate surface area is 95.5 Å². The van der Waals surface area contributed by atoms with Gasteiger partial charge in [-0.25, -0.2) is 4.98 Å². The molecule has 1 aliphatic heterocycles. The summed E-state index contributed by atoms with van der Waals surface area (Å²) in [5.74, 6) is 0.542. The van der Waals surface area contributed by atoms with E-state index in [1.807, 2.05) is 0 Å². The van der Waals surface area contributed by atoms with Gasteiger partial charge in [0.1, 0.15) is 0 Å². The van der Waals surface area contributed by atoms with Crippen molar-refractivity contribution in [1.82, 2.24) is 10.3 Å². The van der Waals surface area contributed by atoms with E-state index in [0.717, 1.165) is 26.2 Å². The molecule has 1 aromatic heterocycles. The molecular weight excluding hydrogens is 206 g/mol. The SMILES string of the molecule is CC(C)c1csc(N2CCCNCC2)n1. The van der Waals surface area contributed by atoms with Crippen LogP contribution in [0.3, 0.4) is 0 Å². The van der Waals surface area contributed by atoms with Gasteiger partial charge in [-0.3, -0.25) is 0 Å². The average Bonchev–Trinajstić information content (AvgIpc) is 2.55. The minimum atomic E-state index is 0.542. The first-order chi connectivity index (χ1) is 7.27. The summed E-state index contributed by atoms with van der Waals surface area (Å²) in [6, 6.07) is 0. The zero-order valence-corrected chi connectivity index (χ0v) is 10.3. The van der Waals surface area contributed by atoms with E-state index in [2.05, 4.69) is 29.4 Å². The fourth-order valence-corrected chi connectivity index (χ4v) is 2.76. The highest BCUT2D eigenvalue weighted by Crippen LogP contribution is 2.24. The van der Waals surface area contributed by atoms with E-state index in [1.54, 1.807) is 11.3 Å². The van der Waals surface area contributed by atoms with Gasteiger partial charge in [-0.15, -0.1) is 11.3 Å². The topological polar surface area (TPSA) is 28.2 Å². The van der Waals surface area contributed by atoms with Gasteiger partial charge in [-0.05, 0) is 18.9 Å². The van der Waals surface area contributed by atoms with Crippen molar-refractivity contribution in [3.05, 3.63) is 11.1 Å². The number of nitrogens with zero attached hydrogens (tertiary/aromatic N) is 2. The predicted molar refractivity (Wildman–Crippen MR) is 65.9 cm³/mol. The lowest BCUT2D eigenvalue weighted by Crippen LogP contribution is -2.27. The van der Waals surface area contributed by atoms with E-state index in [9.17, 15) is 0 Å². The first kappa shape index (κ1) is 10.9. The number of nitrogens with one attached hydrogen (secondary N) is 1. The lowest BCUT2D eigenvalue weighted by Gasteiger charge is -2.18. The summed E-state index contributed by atoms with van der Waals surface area (Å²) >= 11 is 1.78. The van der Waals surface area contributed by atoms with Crippen LogP contribution in [0.4, 0.5) is 5.13 Å². The van der Waals surface area contributed by atoms with Gasteiger partial charge in [0.25, 0.3) is 0 Å². The van der Waals surface area contributed by atoms with Crippen molar-refractivity contribution in [2.45, 2.75) is 26.2 Å². The van der Waals surface area contributed by atoms with Crippen molar-refractivity contribution in [3.8, 4) is 0 Å². The molecular formula is C11H19N3S. The Morgan fingerprint density at radius 2 is 2.27 bits per heavy atom. The lowest BCUT2D eigenvalue weighted by atomic mass is 10.2. The summed E-state index contributed by atoms with van der Waals surface area (Å²) in [5, 5.41) is 6.80. The maximum absolute atomic E-state index is 4.69. The molecule has 0 aromatic carbocycles. The van der Waals surface area contributed by atoms with Crippen molar-refractivity contribution >= 4 is 16.5 Å². The van der Waals surface area contributed by atoms with Crippen LogP contribution in [0.1, 0.15) is 31.9 Å². The van der Waals surface area contributed by atoms with Gasteiger partial charge in [0.05, 0.1) is 5.69 Å². The fraction of sp³-hybridized carbons (Fsp3) is 0.727. The minimum Gasteiger partial charge on any atom is -0.347 e. The Kier molecular flexibility index (Phi) is 3.59. The van der Waals surface area contributed by atoms with Crippen LogP contribution in [-0.2, 0) is 0 Å². The fourth-order valence-electron chi connectivity index (χ4n) is 1.72. The monoisotopic (exact) mass is 225 g/mol. The van der Waals surface area contributed by atoms with Crippen molar-refractivity contribution in [2.24, 2.45) is 0 Å². The maximum atomic E-state index is 4.69. The van der Waals surface area contributed by atoms with E-state index in [1.165, 1.54) is 17.2 Å². The van der Waals surface area contributed by atoms with Crippen LogP contribution in [0.15, 0.2) is 5.38 Å². The molecule has 0 unspecified atom stereocenters. The summed E-state index contributed by atoms with van der Waals surface area (Å²) < 4.78 is 0. The highest BCUT2D eigenvalue weighted by molar-refractivity contribution is 7.13. The second-order valence-electron chi connectivity index (χ2n) is 4.30. The highest BCUT2D eigenvalue weighted by Gasteiger charge is 2.13. The number of hydrogen-bond acceptors (Lipinski definition) is 4. The van der Waals surface area contributed by atoms with Crippen LogP contribution in [-0.4, -0.2) is 31.2 Å². The van der Waals surface area contributed by atoms with Gasteiger partial charge in [0.2, 0.25) is 0 Å². The Morgan fingerprint density at radius 3 is 3.00 bits per heavy atom.